The Morgan fingerprint density at radius 3 is 2.76 bits per heavy atom. The molecule has 0 aliphatic carbocycles. The van der Waals surface area contributed by atoms with E-state index in [0.717, 1.165) is 6.54 Å². The maximum absolute atomic E-state index is 11.0. The Bertz CT molecular complexity index is 629. The molecule has 0 aliphatic heterocycles. The molecule has 0 unspecified atom stereocenters. The molecule has 7 nitrogen and oxygen atoms in total. The van der Waals surface area contributed by atoms with Crippen LogP contribution in [0.3, 0.4) is 0 Å². The molecule has 0 spiro atoms. The summed E-state index contributed by atoms with van der Waals surface area (Å²) in [5, 5.41) is 14.0. The summed E-state index contributed by atoms with van der Waals surface area (Å²) >= 11 is 0. The number of para-hydroxylation sites is 1. The highest BCUT2D eigenvalue weighted by Gasteiger charge is 2.17. The van der Waals surface area contributed by atoms with Crippen molar-refractivity contribution in [1.82, 2.24) is 9.97 Å². The summed E-state index contributed by atoms with van der Waals surface area (Å²) in [7, 11) is 0. The van der Waals surface area contributed by atoms with Crippen molar-refractivity contribution in [2.24, 2.45) is 0 Å². The van der Waals surface area contributed by atoms with Crippen LogP contribution in [-0.2, 0) is 6.61 Å². The number of hydrogen-bond donors (Lipinski definition) is 1. The predicted molar refractivity (Wildman–Crippen MR) is 78.4 cm³/mol. The van der Waals surface area contributed by atoms with Gasteiger partial charge in [-0.2, -0.15) is 0 Å². The van der Waals surface area contributed by atoms with E-state index in [-0.39, 0.29) is 18.0 Å². The first kappa shape index (κ1) is 14.7. The third-order valence-electron chi connectivity index (χ3n) is 2.82. The number of aromatic nitrogens is 2. The van der Waals surface area contributed by atoms with Crippen molar-refractivity contribution in [3.8, 4) is 5.75 Å². The molecule has 1 aromatic heterocycles. The zero-order valence-corrected chi connectivity index (χ0v) is 11.9. The van der Waals surface area contributed by atoms with Gasteiger partial charge >= 0.3 is 5.69 Å². The minimum absolute atomic E-state index is 0.0489. The number of nitro benzene ring substituents is 1. The quantitative estimate of drug-likeness (QED) is 0.649. The van der Waals surface area contributed by atoms with Crippen molar-refractivity contribution >= 4 is 11.5 Å². The zero-order valence-electron chi connectivity index (χ0n) is 11.9. The summed E-state index contributed by atoms with van der Waals surface area (Å²) in [6.07, 6.45) is 3.19. The molecular weight excluding hydrogens is 272 g/mol. The fraction of sp³-hybridized carbons (Fsp3) is 0.286. The van der Waals surface area contributed by atoms with Crippen molar-refractivity contribution < 1.29 is 9.66 Å². The van der Waals surface area contributed by atoms with E-state index >= 15 is 0 Å². The van der Waals surface area contributed by atoms with Gasteiger partial charge in [0, 0.05) is 12.6 Å². The second kappa shape index (κ2) is 6.65. The van der Waals surface area contributed by atoms with E-state index in [2.05, 4.69) is 15.3 Å². The molecule has 0 saturated heterocycles. The number of nitrogens with one attached hydrogen (secondary N) is 1. The monoisotopic (exact) mass is 288 g/mol. The van der Waals surface area contributed by atoms with Gasteiger partial charge in [0.15, 0.2) is 5.75 Å². The number of benzene rings is 1. The van der Waals surface area contributed by atoms with Crippen LogP contribution >= 0.6 is 0 Å². The Morgan fingerprint density at radius 1 is 1.33 bits per heavy atom. The second-order valence-corrected chi connectivity index (χ2v) is 4.39. The molecule has 0 fully saturated rings. The first-order chi connectivity index (χ1) is 10.1. The van der Waals surface area contributed by atoms with Gasteiger partial charge in [0.1, 0.15) is 12.4 Å². The van der Waals surface area contributed by atoms with Gasteiger partial charge in [-0.3, -0.25) is 15.1 Å². The first-order valence-corrected chi connectivity index (χ1v) is 6.53. The maximum Gasteiger partial charge on any atom is 0.311 e. The molecular formula is C14H16N4O3. The molecule has 0 radical (unpaired) electrons. The summed E-state index contributed by atoms with van der Waals surface area (Å²) in [5.41, 5.74) is 1.27. The van der Waals surface area contributed by atoms with Gasteiger partial charge in [0.05, 0.1) is 23.0 Å². The Hall–Kier alpha value is -2.70. The van der Waals surface area contributed by atoms with E-state index in [9.17, 15) is 10.1 Å². The van der Waals surface area contributed by atoms with Crippen molar-refractivity contribution in [1.29, 1.82) is 0 Å². The summed E-state index contributed by atoms with van der Waals surface area (Å²) in [6.45, 7) is 4.63. The molecule has 1 N–H and O–H groups in total. The Kier molecular flexibility index (Phi) is 4.65. The van der Waals surface area contributed by atoms with Crippen LogP contribution < -0.4 is 10.1 Å². The molecule has 7 heteroatoms. The topological polar surface area (TPSA) is 90.2 Å². The molecule has 110 valence electrons. The number of nitrogens with zero attached hydrogens (tertiary/aromatic N) is 3. The number of nitro groups is 1. The molecule has 1 aromatic carbocycles. The van der Waals surface area contributed by atoms with Crippen molar-refractivity contribution in [2.75, 3.05) is 11.9 Å². The van der Waals surface area contributed by atoms with E-state index in [0.29, 0.717) is 17.1 Å². The average molecular weight is 288 g/mol. The van der Waals surface area contributed by atoms with Gasteiger partial charge in [0.2, 0.25) is 0 Å². The molecule has 0 atom stereocenters. The summed E-state index contributed by atoms with van der Waals surface area (Å²) in [5.74, 6) is 0.947. The lowest BCUT2D eigenvalue weighted by molar-refractivity contribution is -0.386. The largest absolute Gasteiger partial charge is 0.480 e. The number of anilines is 1. The van der Waals surface area contributed by atoms with Gasteiger partial charge < -0.3 is 10.1 Å². The lowest BCUT2D eigenvalue weighted by Gasteiger charge is -2.09. The minimum atomic E-state index is -0.456. The summed E-state index contributed by atoms with van der Waals surface area (Å²) in [4.78, 5) is 18.9. The number of hydrogen-bond acceptors (Lipinski definition) is 6. The zero-order chi connectivity index (χ0) is 15.2. The smallest absolute Gasteiger partial charge is 0.311 e. The highest BCUT2D eigenvalue weighted by atomic mass is 16.6. The Balaban J connectivity index is 2.11. The summed E-state index contributed by atoms with van der Waals surface area (Å²) < 4.78 is 5.55. The SMILES string of the molecule is CCNc1cnc(COc2c(C)cccc2[N+](=O)[O-])cn1. The van der Waals surface area contributed by atoms with Crippen LogP contribution in [0.1, 0.15) is 18.2 Å². The number of ether oxygens (including phenoxy) is 1. The molecule has 2 aromatic rings. The fourth-order valence-electron chi connectivity index (χ4n) is 1.82. The van der Waals surface area contributed by atoms with E-state index in [1.807, 2.05) is 6.92 Å². The highest BCUT2D eigenvalue weighted by molar-refractivity contribution is 5.51. The first-order valence-electron chi connectivity index (χ1n) is 6.53. The van der Waals surface area contributed by atoms with Crippen molar-refractivity contribution in [3.63, 3.8) is 0 Å². The number of rotatable bonds is 6. The van der Waals surface area contributed by atoms with E-state index in [4.69, 9.17) is 4.74 Å². The van der Waals surface area contributed by atoms with Crippen LogP contribution in [0.15, 0.2) is 30.6 Å². The van der Waals surface area contributed by atoms with Gasteiger partial charge in [-0.05, 0) is 19.4 Å². The third kappa shape index (κ3) is 3.65. The van der Waals surface area contributed by atoms with E-state index < -0.39 is 4.92 Å². The van der Waals surface area contributed by atoms with Crippen LogP contribution in [0.5, 0.6) is 5.75 Å². The van der Waals surface area contributed by atoms with Crippen LogP contribution in [-0.4, -0.2) is 21.4 Å². The second-order valence-electron chi connectivity index (χ2n) is 4.39. The van der Waals surface area contributed by atoms with Gasteiger partial charge in [-0.1, -0.05) is 12.1 Å². The van der Waals surface area contributed by atoms with Crippen LogP contribution in [0.4, 0.5) is 11.5 Å². The lowest BCUT2D eigenvalue weighted by atomic mass is 10.2. The van der Waals surface area contributed by atoms with Crippen LogP contribution in [0.25, 0.3) is 0 Å². The highest BCUT2D eigenvalue weighted by Crippen LogP contribution is 2.30. The normalized spacial score (nSPS) is 10.2. The van der Waals surface area contributed by atoms with Crippen molar-refractivity contribution in [2.45, 2.75) is 20.5 Å². The molecule has 0 aliphatic rings. The van der Waals surface area contributed by atoms with Gasteiger partial charge in [-0.25, -0.2) is 4.98 Å². The molecule has 0 amide bonds. The maximum atomic E-state index is 11.0. The van der Waals surface area contributed by atoms with Crippen LogP contribution in [0, 0.1) is 17.0 Å². The average Bonchev–Trinajstić information content (AvgIpc) is 2.47. The Labute approximate surface area is 122 Å². The van der Waals surface area contributed by atoms with Crippen molar-refractivity contribution in [3.05, 3.63) is 52.0 Å². The molecule has 2 rings (SSSR count). The molecule has 0 bridgehead atoms. The molecule has 1 heterocycles. The Morgan fingerprint density at radius 2 is 2.14 bits per heavy atom. The van der Waals surface area contributed by atoms with Gasteiger partial charge in [0.25, 0.3) is 0 Å². The van der Waals surface area contributed by atoms with E-state index in [1.165, 1.54) is 6.07 Å². The molecule has 21 heavy (non-hydrogen) atoms. The number of aryl methyl sites for hydroxylation is 1. The third-order valence-corrected chi connectivity index (χ3v) is 2.82. The van der Waals surface area contributed by atoms with Gasteiger partial charge in [-0.15, -0.1) is 0 Å². The minimum Gasteiger partial charge on any atom is -0.480 e. The standard InChI is InChI=1S/C14H16N4O3/c1-3-15-13-8-16-11(7-17-13)9-21-14-10(2)5-4-6-12(14)18(19)20/h4-8H,3,9H2,1-2H3,(H,15,17). The summed E-state index contributed by atoms with van der Waals surface area (Å²) in [6, 6.07) is 4.82. The fourth-order valence-corrected chi connectivity index (χ4v) is 1.82. The molecule has 0 saturated carbocycles. The van der Waals surface area contributed by atoms with Crippen LogP contribution in [0.2, 0.25) is 0 Å². The lowest BCUT2D eigenvalue weighted by Crippen LogP contribution is -2.05. The predicted octanol–water partition coefficient (Wildman–Crippen LogP) is 2.70. The van der Waals surface area contributed by atoms with E-state index in [1.54, 1.807) is 31.5 Å².